The smallest absolute Gasteiger partial charge is 0.246 e. The first-order valence-corrected chi connectivity index (χ1v) is 7.24. The summed E-state index contributed by atoms with van der Waals surface area (Å²) in [5.74, 6) is 0.474. The summed E-state index contributed by atoms with van der Waals surface area (Å²) in [6.07, 6.45) is 3.94. The van der Waals surface area contributed by atoms with Crippen molar-refractivity contribution in [2.24, 2.45) is 13.0 Å². The molecule has 0 spiro atoms. The monoisotopic (exact) mass is 256 g/mol. The number of rotatable bonds is 2. The summed E-state index contributed by atoms with van der Waals surface area (Å²) < 4.78 is 28.0. The molecule has 0 amide bonds. The molecule has 2 fully saturated rings. The van der Waals surface area contributed by atoms with Gasteiger partial charge in [0.05, 0.1) is 6.20 Å². The fraction of sp³-hybridized carbons (Fsp3) is 0.700. The van der Waals surface area contributed by atoms with Gasteiger partial charge in [-0.05, 0) is 18.9 Å². The maximum absolute atomic E-state index is 12.4. The topological polar surface area (TPSA) is 67.2 Å². The molecule has 0 aromatic carbocycles. The average molecular weight is 256 g/mol. The molecule has 6 nitrogen and oxygen atoms in total. The van der Waals surface area contributed by atoms with Crippen molar-refractivity contribution in [1.29, 1.82) is 0 Å². The van der Waals surface area contributed by atoms with Gasteiger partial charge in [-0.15, -0.1) is 0 Å². The number of aryl methyl sites for hydroxylation is 1. The van der Waals surface area contributed by atoms with E-state index in [9.17, 15) is 8.42 Å². The quantitative estimate of drug-likeness (QED) is 0.767. The van der Waals surface area contributed by atoms with Gasteiger partial charge in [0.2, 0.25) is 10.0 Å². The van der Waals surface area contributed by atoms with E-state index in [0.29, 0.717) is 17.4 Å². The molecule has 3 heterocycles. The number of fused-ring (bicyclic) bond motifs is 1. The number of aromatic nitrogens is 2. The van der Waals surface area contributed by atoms with Crippen LogP contribution >= 0.6 is 0 Å². The molecule has 0 saturated carbocycles. The van der Waals surface area contributed by atoms with Crippen molar-refractivity contribution in [3.05, 3.63) is 12.4 Å². The van der Waals surface area contributed by atoms with Gasteiger partial charge in [-0.25, -0.2) is 8.42 Å². The molecule has 17 heavy (non-hydrogen) atoms. The van der Waals surface area contributed by atoms with Crippen LogP contribution in [0.1, 0.15) is 6.42 Å². The molecule has 94 valence electrons. The Morgan fingerprint density at radius 1 is 1.47 bits per heavy atom. The first-order valence-electron chi connectivity index (χ1n) is 5.80. The van der Waals surface area contributed by atoms with Crippen LogP contribution in [0, 0.1) is 5.92 Å². The normalized spacial score (nSPS) is 29.7. The van der Waals surface area contributed by atoms with Crippen molar-refractivity contribution in [1.82, 2.24) is 19.4 Å². The lowest BCUT2D eigenvalue weighted by atomic mass is 10.1. The molecule has 3 rings (SSSR count). The number of hydrogen-bond acceptors (Lipinski definition) is 4. The fourth-order valence-electron chi connectivity index (χ4n) is 2.78. The van der Waals surface area contributed by atoms with E-state index in [4.69, 9.17) is 0 Å². The predicted octanol–water partition coefficient (Wildman–Crippen LogP) is -0.597. The van der Waals surface area contributed by atoms with Gasteiger partial charge >= 0.3 is 0 Å². The van der Waals surface area contributed by atoms with E-state index in [-0.39, 0.29) is 6.04 Å². The minimum Gasteiger partial charge on any atom is -0.315 e. The van der Waals surface area contributed by atoms with Crippen molar-refractivity contribution in [3.8, 4) is 0 Å². The Morgan fingerprint density at radius 3 is 3.00 bits per heavy atom. The highest BCUT2D eigenvalue weighted by Gasteiger charge is 2.44. The van der Waals surface area contributed by atoms with Gasteiger partial charge in [-0.1, -0.05) is 0 Å². The zero-order valence-electron chi connectivity index (χ0n) is 9.70. The summed E-state index contributed by atoms with van der Waals surface area (Å²) in [7, 11) is -1.64. The maximum Gasteiger partial charge on any atom is 0.246 e. The molecule has 2 atom stereocenters. The minimum atomic E-state index is -3.36. The molecule has 0 radical (unpaired) electrons. The molecule has 7 heteroatoms. The first-order chi connectivity index (χ1) is 8.09. The largest absolute Gasteiger partial charge is 0.315 e. The minimum absolute atomic E-state index is 0.125. The number of hydrogen-bond donors (Lipinski definition) is 1. The lowest BCUT2D eigenvalue weighted by molar-refractivity contribution is 0.383. The van der Waals surface area contributed by atoms with Gasteiger partial charge in [-0.3, -0.25) is 4.68 Å². The number of nitrogens with one attached hydrogen (secondary N) is 1. The van der Waals surface area contributed by atoms with Crippen LogP contribution in [0.15, 0.2) is 17.3 Å². The Hall–Kier alpha value is -0.920. The molecule has 0 unspecified atom stereocenters. The summed E-state index contributed by atoms with van der Waals surface area (Å²) in [6, 6.07) is 0.125. The molecule has 0 aliphatic carbocycles. The molecule has 0 bridgehead atoms. The molecular formula is C10H16N4O2S. The highest BCUT2D eigenvalue weighted by atomic mass is 32.2. The van der Waals surface area contributed by atoms with Crippen LogP contribution in [0.3, 0.4) is 0 Å². The second-order valence-corrected chi connectivity index (χ2v) is 6.63. The molecule has 2 aliphatic heterocycles. The van der Waals surface area contributed by atoms with Gasteiger partial charge in [0, 0.05) is 32.4 Å². The molecular weight excluding hydrogens is 240 g/mol. The van der Waals surface area contributed by atoms with Gasteiger partial charge in [0.15, 0.2) is 0 Å². The van der Waals surface area contributed by atoms with E-state index >= 15 is 0 Å². The third-order valence-corrected chi connectivity index (χ3v) is 5.56. The Labute approximate surface area is 101 Å². The van der Waals surface area contributed by atoms with Crippen LogP contribution in [-0.2, 0) is 17.1 Å². The zero-order chi connectivity index (χ0) is 12.0. The Morgan fingerprint density at radius 2 is 2.29 bits per heavy atom. The van der Waals surface area contributed by atoms with E-state index in [1.54, 1.807) is 17.5 Å². The Kier molecular flexibility index (Phi) is 2.49. The summed E-state index contributed by atoms with van der Waals surface area (Å²) in [6.45, 7) is 2.34. The van der Waals surface area contributed by atoms with Crippen molar-refractivity contribution >= 4 is 10.0 Å². The van der Waals surface area contributed by atoms with E-state index in [1.807, 2.05) is 0 Å². The van der Waals surface area contributed by atoms with Crippen LogP contribution in [0.2, 0.25) is 0 Å². The number of nitrogens with zero attached hydrogens (tertiary/aromatic N) is 3. The first kappa shape index (κ1) is 11.2. The highest BCUT2D eigenvalue weighted by Crippen LogP contribution is 2.31. The lowest BCUT2D eigenvalue weighted by Gasteiger charge is -2.21. The van der Waals surface area contributed by atoms with E-state index < -0.39 is 10.0 Å². The third-order valence-electron chi connectivity index (χ3n) is 3.68. The van der Waals surface area contributed by atoms with Gasteiger partial charge in [0.25, 0.3) is 0 Å². The summed E-state index contributed by atoms with van der Waals surface area (Å²) in [4.78, 5) is 0.299. The van der Waals surface area contributed by atoms with E-state index in [0.717, 1.165) is 19.5 Å². The van der Waals surface area contributed by atoms with Crippen molar-refractivity contribution in [2.45, 2.75) is 17.4 Å². The maximum atomic E-state index is 12.4. The van der Waals surface area contributed by atoms with Crippen LogP contribution in [-0.4, -0.2) is 48.2 Å². The fourth-order valence-corrected chi connectivity index (χ4v) is 4.46. The molecule has 1 N–H and O–H groups in total. The highest BCUT2D eigenvalue weighted by molar-refractivity contribution is 7.89. The standard InChI is InChI=1S/C10H16N4O2S/c1-13-7-9(5-12-13)17(15,16)14-3-2-8-4-11-6-10(8)14/h5,7-8,10-11H,2-4,6H2,1H3/t8-,10+/m1/s1. The number of sulfonamides is 1. The van der Waals surface area contributed by atoms with Crippen LogP contribution in [0.4, 0.5) is 0 Å². The Balaban J connectivity index is 1.93. The van der Waals surface area contributed by atoms with Crippen LogP contribution in [0.25, 0.3) is 0 Å². The van der Waals surface area contributed by atoms with Crippen LogP contribution < -0.4 is 5.32 Å². The van der Waals surface area contributed by atoms with Gasteiger partial charge in [0.1, 0.15) is 4.90 Å². The van der Waals surface area contributed by atoms with Crippen molar-refractivity contribution < 1.29 is 8.42 Å². The Bertz CT molecular complexity index is 524. The van der Waals surface area contributed by atoms with E-state index in [2.05, 4.69) is 10.4 Å². The second-order valence-electron chi connectivity index (χ2n) is 4.74. The summed E-state index contributed by atoms with van der Waals surface area (Å²) in [5.41, 5.74) is 0. The second kappa shape index (κ2) is 3.79. The summed E-state index contributed by atoms with van der Waals surface area (Å²) in [5, 5.41) is 7.19. The molecule has 1 aromatic rings. The predicted molar refractivity (Wildman–Crippen MR) is 61.9 cm³/mol. The van der Waals surface area contributed by atoms with E-state index in [1.165, 1.54) is 10.9 Å². The molecule has 2 aliphatic rings. The lowest BCUT2D eigenvalue weighted by Crippen LogP contribution is -2.38. The summed E-state index contributed by atoms with van der Waals surface area (Å²) >= 11 is 0. The van der Waals surface area contributed by atoms with Crippen molar-refractivity contribution in [2.75, 3.05) is 19.6 Å². The average Bonchev–Trinajstić information content (AvgIpc) is 2.89. The van der Waals surface area contributed by atoms with Gasteiger partial charge < -0.3 is 5.32 Å². The third kappa shape index (κ3) is 1.69. The molecule has 1 aromatic heterocycles. The molecule has 2 saturated heterocycles. The SMILES string of the molecule is Cn1cc(S(=O)(=O)N2CC[C@@H]3CNC[C@@H]32)cn1. The zero-order valence-corrected chi connectivity index (χ0v) is 10.5. The van der Waals surface area contributed by atoms with Crippen molar-refractivity contribution in [3.63, 3.8) is 0 Å². The van der Waals surface area contributed by atoms with Crippen LogP contribution in [0.5, 0.6) is 0 Å². The van der Waals surface area contributed by atoms with Gasteiger partial charge in [-0.2, -0.15) is 9.40 Å².